The summed E-state index contributed by atoms with van der Waals surface area (Å²) in [7, 11) is 0. The van der Waals surface area contributed by atoms with Gasteiger partial charge in [0.05, 0.1) is 17.1 Å². The maximum atomic E-state index is 8.90. The van der Waals surface area contributed by atoms with E-state index in [4.69, 9.17) is 5.26 Å². The Hall–Kier alpha value is -2.40. The van der Waals surface area contributed by atoms with Crippen molar-refractivity contribution >= 4 is 21.7 Å². The molecule has 2 heteroatoms. The Balaban J connectivity index is 2.53. The lowest BCUT2D eigenvalue weighted by atomic mass is 10.0. The van der Waals surface area contributed by atoms with Gasteiger partial charge in [0.1, 0.15) is 0 Å². The predicted octanol–water partition coefficient (Wildman–Crippen LogP) is 3.57. The summed E-state index contributed by atoms with van der Waals surface area (Å²) in [4.78, 5) is 4.56. The molecule has 0 spiro atoms. The molecule has 3 aromatic rings. The first-order chi connectivity index (χ1) is 8.29. The molecule has 0 saturated heterocycles. The summed E-state index contributed by atoms with van der Waals surface area (Å²) in [5, 5.41) is 12.4. The van der Waals surface area contributed by atoms with E-state index in [1.807, 2.05) is 37.3 Å². The van der Waals surface area contributed by atoms with Crippen LogP contribution in [-0.4, -0.2) is 4.98 Å². The first-order valence-electron chi connectivity index (χ1n) is 5.49. The Morgan fingerprint density at radius 3 is 2.53 bits per heavy atom. The zero-order valence-corrected chi connectivity index (χ0v) is 9.44. The normalized spacial score (nSPS) is 10.6. The summed E-state index contributed by atoms with van der Waals surface area (Å²) in [5.74, 6) is 0. The molecule has 2 aromatic carbocycles. The van der Waals surface area contributed by atoms with Crippen LogP contribution in [0.15, 0.2) is 42.5 Å². The number of nitrogens with zero attached hydrogens (tertiary/aromatic N) is 2. The number of rotatable bonds is 0. The maximum Gasteiger partial charge on any atom is 0.0992 e. The van der Waals surface area contributed by atoms with Gasteiger partial charge in [0, 0.05) is 16.5 Å². The van der Waals surface area contributed by atoms with Crippen molar-refractivity contribution in [1.29, 1.82) is 5.26 Å². The molecule has 0 amide bonds. The van der Waals surface area contributed by atoms with Crippen LogP contribution in [0.25, 0.3) is 21.7 Å². The predicted molar refractivity (Wildman–Crippen MR) is 68.7 cm³/mol. The fourth-order valence-electron chi connectivity index (χ4n) is 2.20. The average Bonchev–Trinajstić information content (AvgIpc) is 2.38. The highest BCUT2D eigenvalue weighted by Crippen LogP contribution is 2.26. The van der Waals surface area contributed by atoms with Crippen LogP contribution in [0.3, 0.4) is 0 Å². The van der Waals surface area contributed by atoms with Crippen LogP contribution in [0.2, 0.25) is 0 Å². The van der Waals surface area contributed by atoms with Gasteiger partial charge < -0.3 is 0 Å². The van der Waals surface area contributed by atoms with Crippen molar-refractivity contribution in [3.8, 4) is 6.07 Å². The van der Waals surface area contributed by atoms with Gasteiger partial charge in [-0.2, -0.15) is 5.26 Å². The third kappa shape index (κ3) is 1.44. The minimum Gasteiger partial charge on any atom is -0.252 e. The largest absolute Gasteiger partial charge is 0.252 e. The van der Waals surface area contributed by atoms with Crippen molar-refractivity contribution in [3.63, 3.8) is 0 Å². The molecule has 2 nitrogen and oxygen atoms in total. The van der Waals surface area contributed by atoms with E-state index < -0.39 is 0 Å². The molecule has 17 heavy (non-hydrogen) atoms. The summed E-state index contributed by atoms with van der Waals surface area (Å²) >= 11 is 0. The van der Waals surface area contributed by atoms with Crippen LogP contribution in [0.5, 0.6) is 0 Å². The van der Waals surface area contributed by atoms with E-state index in [0.29, 0.717) is 5.56 Å². The number of aromatic nitrogens is 1. The van der Waals surface area contributed by atoms with Crippen molar-refractivity contribution in [2.75, 3.05) is 0 Å². The third-order valence-electron chi connectivity index (χ3n) is 3.02. The highest BCUT2D eigenvalue weighted by Gasteiger charge is 2.05. The molecule has 0 aliphatic heterocycles. The Morgan fingerprint density at radius 2 is 1.76 bits per heavy atom. The molecule has 0 aliphatic rings. The van der Waals surface area contributed by atoms with Gasteiger partial charge in [-0.05, 0) is 24.4 Å². The molecule has 1 heterocycles. The van der Waals surface area contributed by atoms with E-state index in [-0.39, 0.29) is 0 Å². The smallest absolute Gasteiger partial charge is 0.0992 e. The Kier molecular flexibility index (Phi) is 2.06. The van der Waals surface area contributed by atoms with E-state index in [1.54, 1.807) is 0 Å². The average molecular weight is 218 g/mol. The van der Waals surface area contributed by atoms with E-state index >= 15 is 0 Å². The lowest BCUT2D eigenvalue weighted by molar-refractivity contribution is 1.29. The van der Waals surface area contributed by atoms with Crippen LogP contribution in [0, 0.1) is 18.3 Å². The van der Waals surface area contributed by atoms with Gasteiger partial charge in [-0.1, -0.05) is 30.3 Å². The number of hydrogen-bond acceptors (Lipinski definition) is 2. The molecular weight excluding hydrogens is 208 g/mol. The monoisotopic (exact) mass is 218 g/mol. The molecule has 3 rings (SSSR count). The minimum atomic E-state index is 0.652. The second kappa shape index (κ2) is 3.57. The van der Waals surface area contributed by atoms with Gasteiger partial charge in [0.2, 0.25) is 0 Å². The highest BCUT2D eigenvalue weighted by molar-refractivity contribution is 6.06. The van der Waals surface area contributed by atoms with Crippen molar-refractivity contribution in [2.45, 2.75) is 6.92 Å². The van der Waals surface area contributed by atoms with E-state index in [9.17, 15) is 0 Å². The standard InChI is InChI=1S/C15H10N2/c1-10-12-4-2-3-5-13(12)14-7-6-11(9-16)8-15(14)17-10/h2-8H,1H3. The minimum absolute atomic E-state index is 0.652. The van der Waals surface area contributed by atoms with Gasteiger partial charge in [0.25, 0.3) is 0 Å². The number of pyridine rings is 1. The SMILES string of the molecule is Cc1nc2cc(C#N)ccc2c2ccccc12. The summed E-state index contributed by atoms with van der Waals surface area (Å²) in [6, 6.07) is 16.0. The second-order valence-corrected chi connectivity index (χ2v) is 4.09. The van der Waals surface area contributed by atoms with Crippen LogP contribution >= 0.6 is 0 Å². The topological polar surface area (TPSA) is 36.7 Å². The van der Waals surface area contributed by atoms with Crippen molar-refractivity contribution in [2.24, 2.45) is 0 Å². The molecule has 0 bridgehead atoms. The van der Waals surface area contributed by atoms with Gasteiger partial charge in [-0.25, -0.2) is 0 Å². The van der Waals surface area contributed by atoms with Crippen LogP contribution in [0.1, 0.15) is 11.3 Å². The van der Waals surface area contributed by atoms with Crippen LogP contribution in [0.4, 0.5) is 0 Å². The summed E-state index contributed by atoms with van der Waals surface area (Å²) in [6.45, 7) is 2.00. The Labute approximate surface area is 99.1 Å². The molecule has 0 atom stereocenters. The van der Waals surface area contributed by atoms with Crippen LogP contribution in [-0.2, 0) is 0 Å². The number of nitriles is 1. The van der Waals surface area contributed by atoms with E-state index in [2.05, 4.69) is 23.2 Å². The first kappa shape index (κ1) is 9.80. The molecule has 0 saturated carbocycles. The highest BCUT2D eigenvalue weighted by atomic mass is 14.7. The van der Waals surface area contributed by atoms with Crippen LogP contribution < -0.4 is 0 Å². The van der Waals surface area contributed by atoms with Crippen molar-refractivity contribution < 1.29 is 0 Å². The van der Waals surface area contributed by atoms with Gasteiger partial charge in [-0.15, -0.1) is 0 Å². The number of aryl methyl sites for hydroxylation is 1. The van der Waals surface area contributed by atoms with Crippen molar-refractivity contribution in [3.05, 3.63) is 53.7 Å². The molecule has 0 radical (unpaired) electrons. The number of benzene rings is 2. The summed E-state index contributed by atoms with van der Waals surface area (Å²) < 4.78 is 0. The van der Waals surface area contributed by atoms with Gasteiger partial charge in [0.15, 0.2) is 0 Å². The van der Waals surface area contributed by atoms with Crippen molar-refractivity contribution in [1.82, 2.24) is 4.98 Å². The summed E-state index contributed by atoms with van der Waals surface area (Å²) in [6.07, 6.45) is 0. The lowest BCUT2D eigenvalue weighted by Gasteiger charge is -2.06. The van der Waals surface area contributed by atoms with E-state index in [1.165, 1.54) is 10.8 Å². The first-order valence-corrected chi connectivity index (χ1v) is 5.49. The Bertz CT molecular complexity index is 767. The number of hydrogen-bond donors (Lipinski definition) is 0. The lowest BCUT2D eigenvalue weighted by Crippen LogP contribution is -1.88. The molecule has 1 aromatic heterocycles. The molecule has 0 unspecified atom stereocenters. The molecular formula is C15H10N2. The molecule has 80 valence electrons. The fraction of sp³-hybridized carbons (Fsp3) is 0.0667. The molecule has 0 fully saturated rings. The second-order valence-electron chi connectivity index (χ2n) is 4.09. The Morgan fingerprint density at radius 1 is 1.00 bits per heavy atom. The fourth-order valence-corrected chi connectivity index (χ4v) is 2.20. The van der Waals surface area contributed by atoms with E-state index in [0.717, 1.165) is 16.6 Å². The molecule has 0 N–H and O–H groups in total. The third-order valence-corrected chi connectivity index (χ3v) is 3.02. The van der Waals surface area contributed by atoms with Gasteiger partial charge >= 0.3 is 0 Å². The zero-order valence-electron chi connectivity index (χ0n) is 9.44. The maximum absolute atomic E-state index is 8.90. The zero-order chi connectivity index (χ0) is 11.8. The summed E-state index contributed by atoms with van der Waals surface area (Å²) in [5.41, 5.74) is 2.54. The number of fused-ring (bicyclic) bond motifs is 3. The molecule has 0 aliphatic carbocycles. The van der Waals surface area contributed by atoms with Gasteiger partial charge in [-0.3, -0.25) is 4.98 Å². The quantitative estimate of drug-likeness (QED) is 0.541.